The number of aliphatic hydroxyl groups is 1. The molecule has 2 amide bonds. The summed E-state index contributed by atoms with van der Waals surface area (Å²) in [5, 5.41) is 20.0. The zero-order chi connectivity index (χ0) is 30.8. The summed E-state index contributed by atoms with van der Waals surface area (Å²) in [7, 11) is -3.76. The molecule has 0 saturated carbocycles. The van der Waals surface area contributed by atoms with Crippen LogP contribution in [0.1, 0.15) is 44.2 Å². The van der Waals surface area contributed by atoms with Crippen molar-refractivity contribution in [3.05, 3.63) is 89.5 Å². The number of aliphatic hydroxyl groups excluding tert-OH is 1. The fourth-order valence-corrected chi connectivity index (χ4v) is 6.10. The first-order valence-electron chi connectivity index (χ1n) is 14.5. The molecule has 3 atom stereocenters. The SMILES string of the molecule is CCCN(CCC)C(=O)C1=CC=CC(C(N)=O)([C@H](Cc2ccccc2)C(O)CNCCc2ccc(S(N)(=O)=O)cc2)C1. The van der Waals surface area contributed by atoms with Crippen molar-refractivity contribution in [3.63, 3.8) is 0 Å². The zero-order valence-corrected chi connectivity index (χ0v) is 25.4. The Morgan fingerprint density at radius 3 is 2.24 bits per heavy atom. The summed E-state index contributed by atoms with van der Waals surface area (Å²) in [5.74, 6) is -1.28. The molecular weight excluding hydrogens is 552 g/mol. The predicted molar refractivity (Wildman–Crippen MR) is 165 cm³/mol. The highest BCUT2D eigenvalue weighted by Crippen LogP contribution is 2.43. The first-order chi connectivity index (χ1) is 20.0. The van der Waals surface area contributed by atoms with E-state index in [-0.39, 0.29) is 23.8 Å². The van der Waals surface area contributed by atoms with Gasteiger partial charge in [0.15, 0.2) is 0 Å². The van der Waals surface area contributed by atoms with E-state index in [9.17, 15) is 23.1 Å². The van der Waals surface area contributed by atoms with E-state index in [1.165, 1.54) is 12.1 Å². The molecule has 2 aromatic rings. The van der Waals surface area contributed by atoms with Gasteiger partial charge in [0, 0.05) is 31.1 Å². The van der Waals surface area contributed by atoms with E-state index in [0.29, 0.717) is 38.0 Å². The van der Waals surface area contributed by atoms with Gasteiger partial charge in [-0.25, -0.2) is 13.6 Å². The molecule has 0 spiro atoms. The van der Waals surface area contributed by atoms with Crippen molar-refractivity contribution in [2.24, 2.45) is 22.2 Å². The Labute approximate surface area is 249 Å². The number of nitrogens with one attached hydrogen (secondary N) is 1. The summed E-state index contributed by atoms with van der Waals surface area (Å²) < 4.78 is 23.0. The summed E-state index contributed by atoms with van der Waals surface area (Å²) in [6.45, 7) is 6.01. The lowest BCUT2D eigenvalue weighted by Gasteiger charge is -2.41. The third kappa shape index (κ3) is 8.61. The Morgan fingerprint density at radius 1 is 1.02 bits per heavy atom. The number of carbonyl (C=O) groups is 2. The first kappa shape index (κ1) is 33.2. The van der Waals surface area contributed by atoms with Crippen LogP contribution in [0.2, 0.25) is 0 Å². The molecule has 0 heterocycles. The van der Waals surface area contributed by atoms with Gasteiger partial charge in [-0.15, -0.1) is 0 Å². The number of nitrogens with zero attached hydrogens (tertiary/aromatic N) is 1. The van der Waals surface area contributed by atoms with E-state index in [1.54, 1.807) is 30.4 Å². The van der Waals surface area contributed by atoms with Crippen molar-refractivity contribution in [2.45, 2.75) is 57.0 Å². The zero-order valence-electron chi connectivity index (χ0n) is 24.5. The Morgan fingerprint density at radius 2 is 1.67 bits per heavy atom. The highest BCUT2D eigenvalue weighted by molar-refractivity contribution is 7.89. The largest absolute Gasteiger partial charge is 0.391 e. The van der Waals surface area contributed by atoms with E-state index in [4.69, 9.17) is 10.9 Å². The van der Waals surface area contributed by atoms with Gasteiger partial charge < -0.3 is 21.1 Å². The standard InChI is InChI=1S/C32H44N4O5S/c1-3-19-36(20-4-2)30(38)26-11-8-17-32(22-26,31(33)39)28(21-25-9-6-5-7-10-25)29(37)23-35-18-16-24-12-14-27(15-13-24)42(34,40)41/h5-15,17,28-29,35,37H,3-4,16,18-23H2,1-2H3,(H2,33,39)(H2,34,40,41)/t28-,29?,32?/m1/s1. The number of primary amides is 1. The van der Waals surface area contributed by atoms with Crippen molar-refractivity contribution in [1.29, 1.82) is 0 Å². The number of benzene rings is 2. The molecule has 0 fully saturated rings. The van der Waals surface area contributed by atoms with Gasteiger partial charge in [-0.2, -0.15) is 0 Å². The van der Waals surface area contributed by atoms with E-state index >= 15 is 0 Å². The predicted octanol–water partition coefficient (Wildman–Crippen LogP) is 2.69. The van der Waals surface area contributed by atoms with Crippen LogP contribution < -0.4 is 16.2 Å². The lowest BCUT2D eigenvalue weighted by molar-refractivity contribution is -0.132. The third-order valence-corrected chi connectivity index (χ3v) is 8.73. The van der Waals surface area contributed by atoms with E-state index < -0.39 is 33.4 Å². The molecule has 3 rings (SSSR count). The fourth-order valence-electron chi connectivity index (χ4n) is 5.58. The minimum Gasteiger partial charge on any atom is -0.391 e. The molecule has 42 heavy (non-hydrogen) atoms. The number of carbonyl (C=O) groups excluding carboxylic acids is 2. The number of amides is 2. The molecule has 0 saturated heterocycles. The summed E-state index contributed by atoms with van der Waals surface area (Å²) in [5.41, 5.74) is 7.21. The quantitative estimate of drug-likeness (QED) is 0.218. The van der Waals surface area contributed by atoms with Crippen molar-refractivity contribution in [2.75, 3.05) is 26.2 Å². The van der Waals surface area contributed by atoms with Crippen LogP contribution in [-0.2, 0) is 32.5 Å². The average molecular weight is 597 g/mol. The summed E-state index contributed by atoms with van der Waals surface area (Å²) in [4.78, 5) is 28.6. The van der Waals surface area contributed by atoms with Crippen LogP contribution in [0.15, 0.2) is 83.3 Å². The fraction of sp³-hybridized carbons (Fsp3) is 0.438. The Hall–Kier alpha value is -3.31. The lowest BCUT2D eigenvalue weighted by Crippen LogP contribution is -2.51. The maximum Gasteiger partial charge on any atom is 0.249 e. The molecule has 1 aliphatic carbocycles. The van der Waals surface area contributed by atoms with Crippen LogP contribution in [0, 0.1) is 11.3 Å². The van der Waals surface area contributed by atoms with Crippen molar-refractivity contribution < 1.29 is 23.1 Å². The van der Waals surface area contributed by atoms with Crippen molar-refractivity contribution in [3.8, 4) is 0 Å². The molecule has 6 N–H and O–H groups in total. The van der Waals surface area contributed by atoms with Gasteiger partial charge in [-0.05, 0) is 61.9 Å². The van der Waals surface area contributed by atoms with Crippen LogP contribution in [-0.4, -0.2) is 62.5 Å². The Bertz CT molecular complexity index is 1350. The maximum atomic E-state index is 13.5. The number of hydrogen-bond donors (Lipinski definition) is 4. The molecule has 0 aromatic heterocycles. The second-order valence-corrected chi connectivity index (χ2v) is 12.5. The minimum absolute atomic E-state index is 0.0510. The maximum absolute atomic E-state index is 13.5. The van der Waals surface area contributed by atoms with E-state index in [1.807, 2.05) is 49.1 Å². The van der Waals surface area contributed by atoms with E-state index in [0.717, 1.165) is 24.0 Å². The van der Waals surface area contributed by atoms with Crippen LogP contribution in [0.25, 0.3) is 0 Å². The number of nitrogens with two attached hydrogens (primary N) is 2. The molecule has 0 radical (unpaired) electrons. The third-order valence-electron chi connectivity index (χ3n) is 7.80. The molecule has 10 heteroatoms. The molecular formula is C32H44N4O5S. The van der Waals surface area contributed by atoms with Crippen LogP contribution >= 0.6 is 0 Å². The van der Waals surface area contributed by atoms with Crippen LogP contribution in [0.4, 0.5) is 0 Å². The van der Waals surface area contributed by atoms with Crippen molar-refractivity contribution in [1.82, 2.24) is 10.2 Å². The summed E-state index contributed by atoms with van der Waals surface area (Å²) in [6, 6.07) is 16.0. The monoisotopic (exact) mass is 596 g/mol. The summed E-state index contributed by atoms with van der Waals surface area (Å²) >= 11 is 0. The molecule has 0 bridgehead atoms. The Balaban J connectivity index is 1.79. The Kier molecular flexibility index (Phi) is 12.0. The molecule has 2 aromatic carbocycles. The number of hydrogen-bond acceptors (Lipinski definition) is 6. The smallest absolute Gasteiger partial charge is 0.249 e. The van der Waals surface area contributed by atoms with Gasteiger partial charge in [0.1, 0.15) is 0 Å². The molecule has 1 aliphatic rings. The summed E-state index contributed by atoms with van der Waals surface area (Å²) in [6.07, 6.45) is 7.03. The minimum atomic E-state index is -3.76. The second-order valence-electron chi connectivity index (χ2n) is 10.9. The van der Waals surface area contributed by atoms with Gasteiger partial charge >= 0.3 is 0 Å². The van der Waals surface area contributed by atoms with Gasteiger partial charge in [-0.1, -0.05) is 74.5 Å². The van der Waals surface area contributed by atoms with Gasteiger partial charge in [0.2, 0.25) is 21.8 Å². The van der Waals surface area contributed by atoms with Gasteiger partial charge in [-0.3, -0.25) is 9.59 Å². The molecule has 0 aliphatic heterocycles. The normalized spacial score (nSPS) is 18.2. The first-order valence-corrected chi connectivity index (χ1v) is 16.1. The van der Waals surface area contributed by atoms with Gasteiger partial charge in [0.05, 0.1) is 16.4 Å². The second kappa shape index (κ2) is 15.2. The lowest BCUT2D eigenvalue weighted by atomic mass is 9.64. The number of primary sulfonamides is 1. The topological polar surface area (TPSA) is 156 Å². The van der Waals surface area contributed by atoms with Crippen molar-refractivity contribution >= 4 is 21.8 Å². The number of sulfonamides is 1. The van der Waals surface area contributed by atoms with Gasteiger partial charge in [0.25, 0.3) is 0 Å². The number of allylic oxidation sites excluding steroid dienone is 2. The number of rotatable bonds is 16. The average Bonchev–Trinajstić information content (AvgIpc) is 2.97. The molecule has 228 valence electrons. The van der Waals surface area contributed by atoms with E-state index in [2.05, 4.69) is 5.32 Å². The highest BCUT2D eigenvalue weighted by Gasteiger charge is 2.47. The van der Waals surface area contributed by atoms with Crippen LogP contribution in [0.3, 0.4) is 0 Å². The molecule has 2 unspecified atom stereocenters. The van der Waals surface area contributed by atoms with Crippen LogP contribution in [0.5, 0.6) is 0 Å². The highest BCUT2D eigenvalue weighted by atomic mass is 32.2. The molecule has 9 nitrogen and oxygen atoms in total.